The summed E-state index contributed by atoms with van der Waals surface area (Å²) >= 11 is 5.61. The van der Waals surface area contributed by atoms with E-state index in [4.69, 9.17) is 11.6 Å². The van der Waals surface area contributed by atoms with Gasteiger partial charge in [-0.15, -0.1) is 0 Å². The van der Waals surface area contributed by atoms with Crippen LogP contribution in [0.1, 0.15) is 38.3 Å². The SMILES string of the molecule is CC(C)(C)c1cc(C(F)F)c(Cl)cc1O. The summed E-state index contributed by atoms with van der Waals surface area (Å²) in [6, 6.07) is 2.44. The number of hydrogen-bond donors (Lipinski definition) is 1. The summed E-state index contributed by atoms with van der Waals surface area (Å²) in [7, 11) is 0. The van der Waals surface area contributed by atoms with Gasteiger partial charge in [-0.1, -0.05) is 32.4 Å². The molecule has 0 spiro atoms. The molecule has 0 amide bonds. The first-order valence-corrected chi connectivity index (χ1v) is 4.92. The number of halogens is 3. The number of phenols is 1. The fourth-order valence-corrected chi connectivity index (χ4v) is 1.59. The molecule has 0 aliphatic rings. The number of benzene rings is 1. The molecular formula is C11H13ClF2O. The van der Waals surface area contributed by atoms with Crippen molar-refractivity contribution in [2.24, 2.45) is 0 Å². The third kappa shape index (κ3) is 2.59. The van der Waals surface area contributed by atoms with Crippen LogP contribution in [0.15, 0.2) is 12.1 Å². The van der Waals surface area contributed by atoms with E-state index in [-0.39, 0.29) is 16.3 Å². The molecule has 1 N–H and O–H groups in total. The van der Waals surface area contributed by atoms with Crippen LogP contribution in [0.4, 0.5) is 8.78 Å². The van der Waals surface area contributed by atoms with Gasteiger partial charge in [-0.2, -0.15) is 0 Å². The number of alkyl halides is 2. The summed E-state index contributed by atoms with van der Waals surface area (Å²) in [5, 5.41) is 9.50. The fraction of sp³-hybridized carbons (Fsp3) is 0.455. The molecule has 4 heteroatoms. The van der Waals surface area contributed by atoms with Crippen LogP contribution in [-0.2, 0) is 5.41 Å². The molecular weight excluding hydrogens is 222 g/mol. The lowest BCUT2D eigenvalue weighted by molar-refractivity contribution is 0.151. The zero-order chi connectivity index (χ0) is 11.8. The second-order valence-electron chi connectivity index (χ2n) is 4.44. The van der Waals surface area contributed by atoms with E-state index in [0.29, 0.717) is 5.56 Å². The number of rotatable bonds is 1. The molecule has 0 unspecified atom stereocenters. The Morgan fingerprint density at radius 3 is 2.20 bits per heavy atom. The quantitative estimate of drug-likeness (QED) is 0.769. The van der Waals surface area contributed by atoms with E-state index >= 15 is 0 Å². The Morgan fingerprint density at radius 2 is 1.80 bits per heavy atom. The molecule has 0 aliphatic carbocycles. The van der Waals surface area contributed by atoms with Crippen molar-refractivity contribution in [3.63, 3.8) is 0 Å². The molecule has 0 saturated carbocycles. The topological polar surface area (TPSA) is 20.2 Å². The van der Waals surface area contributed by atoms with Crippen molar-refractivity contribution in [3.8, 4) is 5.75 Å². The van der Waals surface area contributed by atoms with Crippen LogP contribution in [0.5, 0.6) is 5.75 Å². The molecule has 0 atom stereocenters. The van der Waals surface area contributed by atoms with Gasteiger partial charge < -0.3 is 5.11 Å². The number of hydrogen-bond acceptors (Lipinski definition) is 1. The van der Waals surface area contributed by atoms with E-state index in [1.54, 1.807) is 0 Å². The van der Waals surface area contributed by atoms with Gasteiger partial charge in [-0.3, -0.25) is 0 Å². The minimum atomic E-state index is -2.63. The highest BCUT2D eigenvalue weighted by molar-refractivity contribution is 6.31. The zero-order valence-electron chi connectivity index (χ0n) is 8.81. The summed E-state index contributed by atoms with van der Waals surface area (Å²) in [4.78, 5) is 0. The van der Waals surface area contributed by atoms with Crippen LogP contribution in [0, 0.1) is 0 Å². The Bertz CT molecular complexity index is 370. The number of aromatic hydroxyl groups is 1. The molecule has 0 heterocycles. The van der Waals surface area contributed by atoms with Crippen molar-refractivity contribution in [1.82, 2.24) is 0 Å². The lowest BCUT2D eigenvalue weighted by Crippen LogP contribution is -2.12. The maximum absolute atomic E-state index is 12.6. The van der Waals surface area contributed by atoms with Gasteiger partial charge in [0.15, 0.2) is 0 Å². The Hall–Kier alpha value is -0.830. The summed E-state index contributed by atoms with van der Waals surface area (Å²) < 4.78 is 25.1. The maximum atomic E-state index is 12.6. The molecule has 0 fully saturated rings. The summed E-state index contributed by atoms with van der Waals surface area (Å²) in [6.45, 7) is 5.52. The highest BCUT2D eigenvalue weighted by atomic mass is 35.5. The van der Waals surface area contributed by atoms with Crippen LogP contribution in [0.2, 0.25) is 5.02 Å². The lowest BCUT2D eigenvalue weighted by Gasteiger charge is -2.21. The average Bonchev–Trinajstić information content (AvgIpc) is 2.00. The Balaban J connectivity index is 3.37. The molecule has 0 aromatic heterocycles. The highest BCUT2D eigenvalue weighted by Crippen LogP contribution is 2.37. The van der Waals surface area contributed by atoms with E-state index in [0.717, 1.165) is 0 Å². The van der Waals surface area contributed by atoms with Crippen molar-refractivity contribution in [2.45, 2.75) is 32.6 Å². The second kappa shape index (κ2) is 3.97. The van der Waals surface area contributed by atoms with Gasteiger partial charge in [-0.05, 0) is 23.1 Å². The third-order valence-electron chi connectivity index (χ3n) is 2.16. The zero-order valence-corrected chi connectivity index (χ0v) is 9.57. The summed E-state index contributed by atoms with van der Waals surface area (Å²) in [5.41, 5.74) is -0.153. The van der Waals surface area contributed by atoms with Crippen LogP contribution in [0.3, 0.4) is 0 Å². The minimum Gasteiger partial charge on any atom is -0.508 e. The molecule has 0 aliphatic heterocycles. The van der Waals surface area contributed by atoms with Crippen LogP contribution >= 0.6 is 11.6 Å². The predicted octanol–water partition coefficient (Wildman–Crippen LogP) is 4.28. The van der Waals surface area contributed by atoms with Crippen molar-refractivity contribution in [2.75, 3.05) is 0 Å². The molecule has 0 saturated heterocycles. The average molecular weight is 235 g/mol. The summed E-state index contributed by atoms with van der Waals surface area (Å²) in [5.74, 6) is -0.0445. The maximum Gasteiger partial charge on any atom is 0.265 e. The first-order valence-electron chi connectivity index (χ1n) is 4.54. The predicted molar refractivity (Wildman–Crippen MR) is 56.8 cm³/mol. The van der Waals surface area contributed by atoms with Gasteiger partial charge in [-0.25, -0.2) is 8.78 Å². The molecule has 84 valence electrons. The largest absolute Gasteiger partial charge is 0.508 e. The van der Waals surface area contributed by atoms with Crippen molar-refractivity contribution >= 4 is 11.6 Å². The Morgan fingerprint density at radius 1 is 1.27 bits per heavy atom. The van der Waals surface area contributed by atoms with E-state index in [1.165, 1.54) is 12.1 Å². The Labute approximate surface area is 92.7 Å². The normalized spacial score (nSPS) is 12.2. The van der Waals surface area contributed by atoms with Gasteiger partial charge >= 0.3 is 0 Å². The van der Waals surface area contributed by atoms with E-state index in [1.807, 2.05) is 20.8 Å². The van der Waals surface area contributed by atoms with Crippen molar-refractivity contribution in [3.05, 3.63) is 28.3 Å². The molecule has 0 radical (unpaired) electrons. The molecule has 1 nitrogen and oxygen atoms in total. The fourth-order valence-electron chi connectivity index (χ4n) is 1.35. The van der Waals surface area contributed by atoms with Crippen molar-refractivity contribution < 1.29 is 13.9 Å². The van der Waals surface area contributed by atoms with Crippen LogP contribution in [0.25, 0.3) is 0 Å². The first-order chi connectivity index (χ1) is 6.73. The van der Waals surface area contributed by atoms with Gasteiger partial charge in [0.1, 0.15) is 5.75 Å². The van der Waals surface area contributed by atoms with Crippen molar-refractivity contribution in [1.29, 1.82) is 0 Å². The molecule has 1 rings (SSSR count). The standard InChI is InChI=1S/C11H13ClF2O/c1-11(2,3)7-4-6(10(13)14)8(12)5-9(7)15/h4-5,10,15H,1-3H3. The Kier molecular flexibility index (Phi) is 3.24. The van der Waals surface area contributed by atoms with Gasteiger partial charge in [0.05, 0.1) is 5.02 Å². The monoisotopic (exact) mass is 234 g/mol. The summed E-state index contributed by atoms with van der Waals surface area (Å²) in [6.07, 6.45) is -2.63. The highest BCUT2D eigenvalue weighted by Gasteiger charge is 2.22. The number of phenolic OH excluding ortho intramolecular Hbond substituents is 1. The molecule has 15 heavy (non-hydrogen) atoms. The second-order valence-corrected chi connectivity index (χ2v) is 4.85. The van der Waals surface area contributed by atoms with E-state index in [9.17, 15) is 13.9 Å². The van der Waals surface area contributed by atoms with E-state index < -0.39 is 11.8 Å². The molecule has 1 aromatic carbocycles. The van der Waals surface area contributed by atoms with E-state index in [2.05, 4.69) is 0 Å². The smallest absolute Gasteiger partial charge is 0.265 e. The van der Waals surface area contributed by atoms with Gasteiger partial charge in [0, 0.05) is 5.56 Å². The van der Waals surface area contributed by atoms with Gasteiger partial charge in [0.25, 0.3) is 6.43 Å². The molecule has 0 bridgehead atoms. The minimum absolute atomic E-state index is 0.0445. The van der Waals surface area contributed by atoms with Gasteiger partial charge in [0.2, 0.25) is 0 Å². The molecule has 1 aromatic rings. The third-order valence-corrected chi connectivity index (χ3v) is 2.49. The first kappa shape index (κ1) is 12.2. The van der Waals surface area contributed by atoms with Crippen LogP contribution < -0.4 is 0 Å². The lowest BCUT2D eigenvalue weighted by atomic mass is 9.85. The van der Waals surface area contributed by atoms with Crippen LogP contribution in [-0.4, -0.2) is 5.11 Å².